The Labute approximate surface area is 121 Å². The van der Waals surface area contributed by atoms with Gasteiger partial charge in [-0.05, 0) is 62.9 Å². The fourth-order valence-electron chi connectivity index (χ4n) is 3.09. The molecule has 3 nitrogen and oxygen atoms in total. The molecule has 0 spiro atoms. The first-order valence-corrected chi connectivity index (χ1v) is 7.57. The van der Waals surface area contributed by atoms with Crippen LogP contribution >= 0.6 is 0 Å². The molecule has 1 N–H and O–H groups in total. The van der Waals surface area contributed by atoms with E-state index in [2.05, 4.69) is 30.1 Å². The Bertz CT molecular complexity index is 458. The molecule has 0 amide bonds. The van der Waals surface area contributed by atoms with Gasteiger partial charge >= 0.3 is 5.97 Å². The highest BCUT2D eigenvalue weighted by Gasteiger charge is 2.21. The number of carboxylic acid groups (broad SMARTS) is 1. The minimum Gasteiger partial charge on any atom is -0.481 e. The number of hydrogen-bond acceptors (Lipinski definition) is 2. The number of nitrogens with zero attached hydrogens (tertiary/aromatic N) is 1. The molecule has 0 aromatic heterocycles. The fourth-order valence-corrected chi connectivity index (χ4v) is 3.09. The molecule has 0 aliphatic carbocycles. The zero-order valence-electron chi connectivity index (χ0n) is 12.5. The number of benzene rings is 1. The maximum absolute atomic E-state index is 11.1. The summed E-state index contributed by atoms with van der Waals surface area (Å²) < 4.78 is 0. The first-order chi connectivity index (χ1) is 9.58. The smallest absolute Gasteiger partial charge is 0.306 e. The number of hydrogen-bond donors (Lipinski definition) is 1. The molecule has 2 unspecified atom stereocenters. The monoisotopic (exact) mass is 275 g/mol. The molecule has 3 heteroatoms. The number of likely N-dealkylation sites (tertiary alicyclic amines) is 1. The van der Waals surface area contributed by atoms with E-state index in [4.69, 9.17) is 5.11 Å². The lowest BCUT2D eigenvalue weighted by Crippen LogP contribution is -2.19. The molecule has 2 rings (SSSR count). The van der Waals surface area contributed by atoms with Gasteiger partial charge in [-0.1, -0.05) is 31.2 Å². The highest BCUT2D eigenvalue weighted by atomic mass is 16.4. The van der Waals surface area contributed by atoms with Crippen LogP contribution in [0, 0.1) is 5.92 Å². The minimum atomic E-state index is -0.708. The molecule has 2 atom stereocenters. The maximum atomic E-state index is 11.1. The summed E-state index contributed by atoms with van der Waals surface area (Å²) in [6, 6.07) is 8.40. The highest BCUT2D eigenvalue weighted by Crippen LogP contribution is 2.31. The SMILES string of the molecule is CC(Cc1ccccc1C1CCCN(C)CC1)C(=O)O. The van der Waals surface area contributed by atoms with E-state index in [1.54, 1.807) is 6.92 Å². The fraction of sp³-hybridized carbons (Fsp3) is 0.588. The Morgan fingerprint density at radius 1 is 1.35 bits per heavy atom. The topological polar surface area (TPSA) is 40.5 Å². The van der Waals surface area contributed by atoms with Crippen molar-refractivity contribution in [2.75, 3.05) is 20.1 Å². The van der Waals surface area contributed by atoms with Crippen LogP contribution in [0.25, 0.3) is 0 Å². The molecule has 110 valence electrons. The highest BCUT2D eigenvalue weighted by molar-refractivity contribution is 5.70. The van der Waals surface area contributed by atoms with Gasteiger partial charge in [-0.25, -0.2) is 0 Å². The summed E-state index contributed by atoms with van der Waals surface area (Å²) in [4.78, 5) is 13.5. The molecule has 1 aliphatic heterocycles. The average molecular weight is 275 g/mol. The quantitative estimate of drug-likeness (QED) is 0.917. The van der Waals surface area contributed by atoms with Gasteiger partial charge in [-0.3, -0.25) is 4.79 Å². The second kappa shape index (κ2) is 6.89. The zero-order chi connectivity index (χ0) is 14.5. The van der Waals surface area contributed by atoms with Gasteiger partial charge in [-0.2, -0.15) is 0 Å². The molecule has 0 radical (unpaired) electrons. The van der Waals surface area contributed by atoms with Crippen LogP contribution in [0.1, 0.15) is 43.2 Å². The molecule has 0 saturated carbocycles. The van der Waals surface area contributed by atoms with Gasteiger partial charge in [0, 0.05) is 0 Å². The molecule has 1 fully saturated rings. The second-order valence-corrected chi connectivity index (χ2v) is 6.07. The maximum Gasteiger partial charge on any atom is 0.306 e. The molecule has 1 aromatic carbocycles. The Balaban J connectivity index is 2.16. The van der Waals surface area contributed by atoms with Gasteiger partial charge in [0.15, 0.2) is 0 Å². The lowest BCUT2D eigenvalue weighted by atomic mass is 9.86. The van der Waals surface area contributed by atoms with Crippen molar-refractivity contribution < 1.29 is 9.90 Å². The van der Waals surface area contributed by atoms with Gasteiger partial charge in [0.2, 0.25) is 0 Å². The third kappa shape index (κ3) is 3.83. The molecular weight excluding hydrogens is 250 g/mol. The van der Waals surface area contributed by atoms with Crippen molar-refractivity contribution in [3.05, 3.63) is 35.4 Å². The van der Waals surface area contributed by atoms with Gasteiger partial charge in [0.25, 0.3) is 0 Å². The van der Waals surface area contributed by atoms with Crippen molar-refractivity contribution in [1.82, 2.24) is 4.90 Å². The largest absolute Gasteiger partial charge is 0.481 e. The van der Waals surface area contributed by atoms with Crippen LogP contribution in [0.15, 0.2) is 24.3 Å². The van der Waals surface area contributed by atoms with Crippen LogP contribution in [0.4, 0.5) is 0 Å². The average Bonchev–Trinajstić information content (AvgIpc) is 2.64. The first-order valence-electron chi connectivity index (χ1n) is 7.57. The summed E-state index contributed by atoms with van der Waals surface area (Å²) in [6.07, 6.45) is 4.25. The van der Waals surface area contributed by atoms with E-state index >= 15 is 0 Å². The van der Waals surface area contributed by atoms with Crippen LogP contribution in [0.3, 0.4) is 0 Å². The third-order valence-electron chi connectivity index (χ3n) is 4.39. The Hall–Kier alpha value is -1.35. The minimum absolute atomic E-state index is 0.315. The van der Waals surface area contributed by atoms with Crippen LogP contribution in [0.2, 0.25) is 0 Å². The molecule has 0 bridgehead atoms. The van der Waals surface area contributed by atoms with Crippen molar-refractivity contribution in [1.29, 1.82) is 0 Å². The predicted molar refractivity (Wildman–Crippen MR) is 81.0 cm³/mol. The normalized spacial score (nSPS) is 22.2. The lowest BCUT2D eigenvalue weighted by Gasteiger charge is -2.20. The van der Waals surface area contributed by atoms with E-state index in [1.165, 1.54) is 36.9 Å². The summed E-state index contributed by atoms with van der Waals surface area (Å²) in [5, 5.41) is 9.12. The Morgan fingerprint density at radius 3 is 2.85 bits per heavy atom. The van der Waals surface area contributed by atoms with Crippen molar-refractivity contribution in [2.45, 2.75) is 38.5 Å². The van der Waals surface area contributed by atoms with Crippen molar-refractivity contribution in [2.24, 2.45) is 5.92 Å². The summed E-state index contributed by atoms with van der Waals surface area (Å²) in [5.74, 6) is -0.442. The summed E-state index contributed by atoms with van der Waals surface area (Å²) in [7, 11) is 2.18. The van der Waals surface area contributed by atoms with Crippen LogP contribution < -0.4 is 0 Å². The zero-order valence-corrected chi connectivity index (χ0v) is 12.5. The molecule has 20 heavy (non-hydrogen) atoms. The third-order valence-corrected chi connectivity index (χ3v) is 4.39. The van der Waals surface area contributed by atoms with Crippen LogP contribution in [0.5, 0.6) is 0 Å². The van der Waals surface area contributed by atoms with E-state index in [9.17, 15) is 4.79 Å². The van der Waals surface area contributed by atoms with Gasteiger partial charge in [-0.15, -0.1) is 0 Å². The van der Waals surface area contributed by atoms with Crippen molar-refractivity contribution in [3.63, 3.8) is 0 Å². The standard InChI is InChI=1S/C17H25NO2/c1-13(17(19)20)12-15-6-3-4-8-16(15)14-7-5-10-18(2)11-9-14/h3-4,6,8,13-14H,5,7,9-12H2,1-2H3,(H,19,20). The first kappa shape index (κ1) is 15.0. The number of rotatable bonds is 4. The van der Waals surface area contributed by atoms with E-state index in [0.29, 0.717) is 12.3 Å². The molecule has 1 aromatic rings. The number of aliphatic carboxylic acids is 1. The van der Waals surface area contributed by atoms with Gasteiger partial charge in [0.05, 0.1) is 5.92 Å². The van der Waals surface area contributed by atoms with Crippen LogP contribution in [-0.2, 0) is 11.2 Å². The summed E-state index contributed by atoms with van der Waals surface area (Å²) >= 11 is 0. The van der Waals surface area contributed by atoms with E-state index < -0.39 is 5.97 Å². The summed E-state index contributed by atoms with van der Waals surface area (Å²) in [6.45, 7) is 4.09. The van der Waals surface area contributed by atoms with Crippen molar-refractivity contribution >= 4 is 5.97 Å². The van der Waals surface area contributed by atoms with Crippen LogP contribution in [-0.4, -0.2) is 36.1 Å². The lowest BCUT2D eigenvalue weighted by molar-refractivity contribution is -0.141. The van der Waals surface area contributed by atoms with Crippen molar-refractivity contribution in [3.8, 4) is 0 Å². The Morgan fingerprint density at radius 2 is 2.10 bits per heavy atom. The predicted octanol–water partition coefficient (Wildman–Crippen LogP) is 3.15. The molecular formula is C17H25NO2. The van der Waals surface area contributed by atoms with Gasteiger partial charge in [0.1, 0.15) is 0 Å². The van der Waals surface area contributed by atoms with E-state index in [0.717, 1.165) is 6.54 Å². The van der Waals surface area contributed by atoms with Gasteiger partial charge < -0.3 is 10.0 Å². The number of carbonyl (C=O) groups is 1. The molecule has 1 saturated heterocycles. The second-order valence-electron chi connectivity index (χ2n) is 6.07. The number of carboxylic acids is 1. The van der Waals surface area contributed by atoms with E-state index in [1.807, 2.05) is 6.07 Å². The molecule has 1 heterocycles. The Kier molecular flexibility index (Phi) is 5.18. The van der Waals surface area contributed by atoms with E-state index in [-0.39, 0.29) is 5.92 Å². The molecule has 1 aliphatic rings. The summed E-state index contributed by atoms with van der Waals surface area (Å²) in [5.41, 5.74) is 2.59.